The molecular formula is C10H11N3. The molecule has 2 heterocycles. The van der Waals surface area contributed by atoms with Gasteiger partial charge < -0.3 is 9.88 Å². The van der Waals surface area contributed by atoms with Crippen molar-refractivity contribution in [3.8, 4) is 0 Å². The van der Waals surface area contributed by atoms with Gasteiger partial charge in [0.1, 0.15) is 0 Å². The van der Waals surface area contributed by atoms with Gasteiger partial charge >= 0.3 is 0 Å². The normalized spacial score (nSPS) is 14.5. The smallest absolute Gasteiger partial charge is 0.204 e. The van der Waals surface area contributed by atoms with Crippen LogP contribution in [0.2, 0.25) is 0 Å². The van der Waals surface area contributed by atoms with Crippen molar-refractivity contribution in [1.82, 2.24) is 9.55 Å². The van der Waals surface area contributed by atoms with Crippen LogP contribution in [-0.4, -0.2) is 16.1 Å². The second-order valence-corrected chi connectivity index (χ2v) is 3.51. The Hall–Kier alpha value is -1.51. The number of imidazole rings is 1. The number of aromatic nitrogens is 2. The minimum absolute atomic E-state index is 1.01. The number of rotatable bonds is 0. The van der Waals surface area contributed by atoms with Crippen molar-refractivity contribution in [3.05, 3.63) is 23.8 Å². The van der Waals surface area contributed by atoms with E-state index in [0.717, 1.165) is 24.6 Å². The summed E-state index contributed by atoms with van der Waals surface area (Å²) in [6, 6.07) is 6.38. The third-order valence-corrected chi connectivity index (χ3v) is 2.52. The lowest BCUT2D eigenvalue weighted by Gasteiger charge is -1.97. The van der Waals surface area contributed by atoms with Gasteiger partial charge in [0.2, 0.25) is 5.95 Å². The predicted octanol–water partition coefficient (Wildman–Crippen LogP) is 1.77. The topological polar surface area (TPSA) is 29.9 Å². The van der Waals surface area contributed by atoms with Crippen molar-refractivity contribution in [1.29, 1.82) is 0 Å². The third kappa shape index (κ3) is 0.869. The summed E-state index contributed by atoms with van der Waals surface area (Å²) >= 11 is 0. The fourth-order valence-electron chi connectivity index (χ4n) is 1.87. The van der Waals surface area contributed by atoms with Gasteiger partial charge in [-0.15, -0.1) is 0 Å². The molecule has 1 aliphatic heterocycles. The first-order valence-electron chi connectivity index (χ1n) is 4.55. The zero-order chi connectivity index (χ0) is 8.84. The number of anilines is 1. The van der Waals surface area contributed by atoms with Crippen LogP contribution < -0.4 is 5.32 Å². The van der Waals surface area contributed by atoms with E-state index in [4.69, 9.17) is 0 Å². The van der Waals surface area contributed by atoms with E-state index in [0.29, 0.717) is 0 Å². The molecule has 13 heavy (non-hydrogen) atoms. The number of nitrogens with one attached hydrogen (secondary N) is 1. The first-order chi connectivity index (χ1) is 6.34. The minimum atomic E-state index is 1.01. The maximum Gasteiger partial charge on any atom is 0.204 e. The fraction of sp³-hybridized carbons (Fsp3) is 0.300. The summed E-state index contributed by atoms with van der Waals surface area (Å²) in [4.78, 5) is 4.49. The van der Waals surface area contributed by atoms with Crippen LogP contribution >= 0.6 is 0 Å². The van der Waals surface area contributed by atoms with E-state index in [9.17, 15) is 0 Å². The number of aryl methyl sites for hydroxylation is 1. The van der Waals surface area contributed by atoms with Gasteiger partial charge in [-0.3, -0.25) is 0 Å². The summed E-state index contributed by atoms with van der Waals surface area (Å²) in [6.45, 7) is 4.16. The highest BCUT2D eigenvalue weighted by Gasteiger charge is 2.14. The Balaban J connectivity index is 2.40. The van der Waals surface area contributed by atoms with Crippen molar-refractivity contribution < 1.29 is 0 Å². The lowest BCUT2D eigenvalue weighted by atomic mass is 10.2. The first-order valence-corrected chi connectivity index (χ1v) is 4.55. The molecule has 0 bridgehead atoms. The largest absolute Gasteiger partial charge is 0.354 e. The van der Waals surface area contributed by atoms with Crippen LogP contribution in [-0.2, 0) is 6.54 Å². The number of hydrogen-bond donors (Lipinski definition) is 1. The van der Waals surface area contributed by atoms with Gasteiger partial charge in [0, 0.05) is 13.1 Å². The van der Waals surface area contributed by atoms with Gasteiger partial charge in [0.05, 0.1) is 11.0 Å². The molecule has 0 spiro atoms. The van der Waals surface area contributed by atoms with Crippen LogP contribution in [0, 0.1) is 6.92 Å². The van der Waals surface area contributed by atoms with Crippen molar-refractivity contribution in [2.45, 2.75) is 13.5 Å². The maximum absolute atomic E-state index is 4.49. The van der Waals surface area contributed by atoms with Crippen molar-refractivity contribution in [2.75, 3.05) is 11.9 Å². The lowest BCUT2D eigenvalue weighted by Crippen LogP contribution is -1.94. The summed E-state index contributed by atoms with van der Waals surface area (Å²) in [5.74, 6) is 1.01. The van der Waals surface area contributed by atoms with Crippen LogP contribution in [0.4, 0.5) is 5.95 Å². The van der Waals surface area contributed by atoms with Gasteiger partial charge in [-0.25, -0.2) is 4.98 Å². The maximum atomic E-state index is 4.49. The van der Waals surface area contributed by atoms with E-state index in [2.05, 4.69) is 40.0 Å². The molecule has 0 saturated carbocycles. The molecular weight excluding hydrogens is 162 g/mol. The summed E-state index contributed by atoms with van der Waals surface area (Å²) in [5, 5.41) is 3.26. The SMILES string of the molecule is Cc1ccc2nc3n(c2c1)CCN3. The van der Waals surface area contributed by atoms with Crippen LogP contribution in [0.3, 0.4) is 0 Å². The average molecular weight is 173 g/mol. The molecule has 1 aromatic heterocycles. The van der Waals surface area contributed by atoms with Crippen molar-refractivity contribution >= 4 is 17.0 Å². The van der Waals surface area contributed by atoms with E-state index < -0.39 is 0 Å². The zero-order valence-corrected chi connectivity index (χ0v) is 7.54. The Morgan fingerprint density at radius 3 is 3.31 bits per heavy atom. The van der Waals surface area contributed by atoms with Crippen LogP contribution in [0.15, 0.2) is 18.2 Å². The van der Waals surface area contributed by atoms with E-state index in [-0.39, 0.29) is 0 Å². The summed E-state index contributed by atoms with van der Waals surface area (Å²) in [7, 11) is 0. The van der Waals surface area contributed by atoms with E-state index in [1.165, 1.54) is 11.1 Å². The highest BCUT2D eigenvalue weighted by Crippen LogP contribution is 2.23. The highest BCUT2D eigenvalue weighted by molar-refractivity contribution is 5.80. The monoisotopic (exact) mass is 173 g/mol. The second kappa shape index (κ2) is 2.25. The summed E-state index contributed by atoms with van der Waals surface area (Å²) in [6.07, 6.45) is 0. The molecule has 3 heteroatoms. The van der Waals surface area contributed by atoms with Gasteiger partial charge in [-0.1, -0.05) is 6.07 Å². The van der Waals surface area contributed by atoms with Crippen molar-refractivity contribution in [3.63, 3.8) is 0 Å². The number of benzene rings is 1. The molecule has 3 rings (SSSR count). The average Bonchev–Trinajstić information content (AvgIpc) is 2.64. The molecule has 0 aliphatic carbocycles. The second-order valence-electron chi connectivity index (χ2n) is 3.51. The summed E-state index contributed by atoms with van der Waals surface area (Å²) < 4.78 is 2.24. The molecule has 0 radical (unpaired) electrons. The quantitative estimate of drug-likeness (QED) is 0.658. The highest BCUT2D eigenvalue weighted by atomic mass is 15.3. The van der Waals surface area contributed by atoms with Gasteiger partial charge in [0.15, 0.2) is 0 Å². The van der Waals surface area contributed by atoms with E-state index in [1.54, 1.807) is 0 Å². The van der Waals surface area contributed by atoms with Crippen molar-refractivity contribution in [2.24, 2.45) is 0 Å². The predicted molar refractivity (Wildman–Crippen MR) is 53.0 cm³/mol. The molecule has 0 unspecified atom stereocenters. The third-order valence-electron chi connectivity index (χ3n) is 2.52. The number of fused-ring (bicyclic) bond motifs is 3. The van der Waals surface area contributed by atoms with E-state index >= 15 is 0 Å². The molecule has 0 saturated heterocycles. The molecule has 66 valence electrons. The lowest BCUT2D eigenvalue weighted by molar-refractivity contribution is 0.837. The number of hydrogen-bond acceptors (Lipinski definition) is 2. The Labute approximate surface area is 76.4 Å². The van der Waals surface area contributed by atoms with Crippen LogP contribution in [0.25, 0.3) is 11.0 Å². The minimum Gasteiger partial charge on any atom is -0.354 e. The molecule has 1 aromatic carbocycles. The van der Waals surface area contributed by atoms with Crippen LogP contribution in [0.1, 0.15) is 5.56 Å². The van der Waals surface area contributed by atoms with Gasteiger partial charge in [0.25, 0.3) is 0 Å². The summed E-state index contributed by atoms with van der Waals surface area (Å²) in [5.41, 5.74) is 3.63. The molecule has 2 aromatic rings. The molecule has 0 atom stereocenters. The Bertz CT molecular complexity index is 470. The molecule has 3 nitrogen and oxygen atoms in total. The zero-order valence-electron chi connectivity index (χ0n) is 7.54. The molecule has 0 amide bonds. The first kappa shape index (κ1) is 6.95. The van der Waals surface area contributed by atoms with Gasteiger partial charge in [-0.2, -0.15) is 0 Å². The Morgan fingerprint density at radius 2 is 2.38 bits per heavy atom. The fourth-order valence-corrected chi connectivity index (χ4v) is 1.87. The van der Waals surface area contributed by atoms with Gasteiger partial charge in [-0.05, 0) is 24.6 Å². The molecule has 1 aliphatic rings. The van der Waals surface area contributed by atoms with Crippen LogP contribution in [0.5, 0.6) is 0 Å². The number of nitrogens with zero attached hydrogens (tertiary/aromatic N) is 2. The molecule has 0 fully saturated rings. The Kier molecular flexibility index (Phi) is 1.20. The standard InChI is InChI=1S/C10H11N3/c1-7-2-3-8-9(6-7)13-5-4-11-10(13)12-8/h2-3,6H,4-5H2,1H3,(H,11,12). The van der Waals surface area contributed by atoms with E-state index in [1.807, 2.05) is 0 Å². The molecule has 1 N–H and O–H groups in total. The Morgan fingerprint density at radius 1 is 1.46 bits per heavy atom.